The first-order valence-corrected chi connectivity index (χ1v) is 4.15. The van der Waals surface area contributed by atoms with Crippen LogP contribution in [-0.4, -0.2) is 41.8 Å². The van der Waals surface area contributed by atoms with Crippen LogP contribution in [0.25, 0.3) is 0 Å². The van der Waals surface area contributed by atoms with Crippen molar-refractivity contribution in [2.24, 2.45) is 0 Å². The summed E-state index contributed by atoms with van der Waals surface area (Å²) in [6.45, 7) is 0.649. The molecule has 6 heteroatoms. The molecular formula is C6H10N4OS. The van der Waals surface area contributed by atoms with Crippen LogP contribution < -0.4 is 16.0 Å². The van der Waals surface area contributed by atoms with Crippen LogP contribution in [0.3, 0.4) is 0 Å². The van der Waals surface area contributed by atoms with Crippen molar-refractivity contribution in [2.45, 2.75) is 12.2 Å². The third-order valence-electron chi connectivity index (χ3n) is 2.20. The molecule has 2 fully saturated rings. The molecule has 0 bridgehead atoms. The highest BCUT2D eigenvalue weighted by molar-refractivity contribution is 7.80. The first-order valence-electron chi connectivity index (χ1n) is 3.74. The number of nitrogens with zero attached hydrogens (tertiary/aromatic N) is 1. The van der Waals surface area contributed by atoms with Gasteiger partial charge in [-0.1, -0.05) is 0 Å². The average molecular weight is 186 g/mol. The van der Waals surface area contributed by atoms with Crippen molar-refractivity contribution in [1.29, 1.82) is 0 Å². The second-order valence-electron chi connectivity index (χ2n) is 2.91. The molecule has 2 saturated heterocycles. The van der Waals surface area contributed by atoms with Gasteiger partial charge in [0.25, 0.3) is 0 Å². The fourth-order valence-electron chi connectivity index (χ4n) is 1.50. The van der Waals surface area contributed by atoms with Gasteiger partial charge in [-0.25, -0.2) is 0 Å². The lowest BCUT2D eigenvalue weighted by atomic mass is 10.2. The molecule has 0 spiro atoms. The maximum atomic E-state index is 11.3. The highest BCUT2D eigenvalue weighted by Gasteiger charge is 2.40. The van der Waals surface area contributed by atoms with Crippen LogP contribution in [0.1, 0.15) is 0 Å². The summed E-state index contributed by atoms with van der Waals surface area (Å²) in [6, 6.07) is -0.179. The van der Waals surface area contributed by atoms with E-state index in [1.807, 2.05) is 11.9 Å². The minimum absolute atomic E-state index is 0.00579. The molecule has 1 amide bonds. The largest absolute Gasteiger partial charge is 0.334 e. The molecule has 2 heterocycles. The van der Waals surface area contributed by atoms with Crippen molar-refractivity contribution in [3.8, 4) is 0 Å². The van der Waals surface area contributed by atoms with E-state index in [0.717, 1.165) is 0 Å². The summed E-state index contributed by atoms with van der Waals surface area (Å²) in [5.74, 6) is -0.0481. The second kappa shape index (κ2) is 2.65. The van der Waals surface area contributed by atoms with Crippen molar-refractivity contribution >= 4 is 23.2 Å². The molecule has 0 aromatic carbocycles. The standard InChI is InChI=1S/C6H10N4OS/c1-10-4-3(7-2-8-4)5(11)9-6(10)12/h3-4,7-8H,2H2,1H3,(H,9,11,12). The number of carbonyl (C=O) groups is 1. The zero-order valence-electron chi connectivity index (χ0n) is 6.63. The molecule has 2 aliphatic rings. The van der Waals surface area contributed by atoms with Crippen LogP contribution in [0, 0.1) is 0 Å². The maximum Gasteiger partial charge on any atom is 0.246 e. The molecule has 2 aliphatic heterocycles. The lowest BCUT2D eigenvalue weighted by Gasteiger charge is -2.35. The Morgan fingerprint density at radius 1 is 1.58 bits per heavy atom. The van der Waals surface area contributed by atoms with Crippen molar-refractivity contribution in [1.82, 2.24) is 20.9 Å². The summed E-state index contributed by atoms with van der Waals surface area (Å²) >= 11 is 4.96. The van der Waals surface area contributed by atoms with E-state index in [1.54, 1.807) is 0 Å². The summed E-state index contributed by atoms with van der Waals surface area (Å²) < 4.78 is 0. The molecule has 0 aliphatic carbocycles. The topological polar surface area (TPSA) is 56.4 Å². The molecule has 0 saturated carbocycles. The Labute approximate surface area is 75.5 Å². The lowest BCUT2D eigenvalue weighted by Crippen LogP contribution is -2.64. The highest BCUT2D eigenvalue weighted by atomic mass is 32.1. The van der Waals surface area contributed by atoms with E-state index in [1.165, 1.54) is 0 Å². The average Bonchev–Trinajstić information content (AvgIpc) is 2.48. The van der Waals surface area contributed by atoms with Gasteiger partial charge in [0, 0.05) is 13.7 Å². The monoisotopic (exact) mass is 186 g/mol. The van der Waals surface area contributed by atoms with Crippen LogP contribution in [0.4, 0.5) is 0 Å². The van der Waals surface area contributed by atoms with Gasteiger partial charge < -0.3 is 10.2 Å². The first-order chi connectivity index (χ1) is 5.70. The Morgan fingerprint density at radius 2 is 2.33 bits per heavy atom. The molecule has 0 radical (unpaired) electrons. The maximum absolute atomic E-state index is 11.3. The van der Waals surface area contributed by atoms with E-state index in [4.69, 9.17) is 12.2 Å². The summed E-state index contributed by atoms with van der Waals surface area (Å²) in [5, 5.41) is 9.27. The van der Waals surface area contributed by atoms with Crippen molar-refractivity contribution in [2.75, 3.05) is 13.7 Å². The van der Waals surface area contributed by atoms with Crippen LogP contribution in [0.15, 0.2) is 0 Å². The summed E-state index contributed by atoms with van der Waals surface area (Å²) in [4.78, 5) is 13.2. The lowest BCUT2D eigenvalue weighted by molar-refractivity contribution is -0.123. The normalized spacial score (nSPS) is 34.9. The number of rotatable bonds is 0. The van der Waals surface area contributed by atoms with Gasteiger partial charge in [0.05, 0.1) is 0 Å². The Kier molecular flexibility index (Phi) is 1.75. The SMILES string of the molecule is CN1C(=S)NC(=O)C2NCNC21. The molecule has 2 rings (SSSR count). The van der Waals surface area contributed by atoms with Gasteiger partial charge in [-0.2, -0.15) is 0 Å². The number of hydrogen-bond donors (Lipinski definition) is 3. The summed E-state index contributed by atoms with van der Waals surface area (Å²) in [7, 11) is 1.86. The van der Waals surface area contributed by atoms with E-state index >= 15 is 0 Å². The van der Waals surface area contributed by atoms with Crippen molar-refractivity contribution in [3.05, 3.63) is 0 Å². The van der Waals surface area contributed by atoms with Gasteiger partial charge in [-0.15, -0.1) is 0 Å². The summed E-state index contributed by atoms with van der Waals surface area (Å²) in [5.41, 5.74) is 0. The fourth-order valence-corrected chi connectivity index (χ4v) is 1.71. The molecule has 0 aromatic rings. The number of likely N-dealkylation sites (N-methyl/N-ethyl adjacent to an activating group) is 1. The number of nitrogens with one attached hydrogen (secondary N) is 3. The summed E-state index contributed by atoms with van der Waals surface area (Å²) in [6.07, 6.45) is 0.00579. The Morgan fingerprint density at radius 3 is 3.08 bits per heavy atom. The van der Waals surface area contributed by atoms with E-state index in [2.05, 4.69) is 16.0 Å². The highest BCUT2D eigenvalue weighted by Crippen LogP contribution is 2.09. The molecule has 66 valence electrons. The number of carbonyl (C=O) groups excluding carboxylic acids is 1. The van der Waals surface area contributed by atoms with Crippen molar-refractivity contribution < 1.29 is 4.79 Å². The molecule has 12 heavy (non-hydrogen) atoms. The zero-order chi connectivity index (χ0) is 8.72. The zero-order valence-corrected chi connectivity index (χ0v) is 7.44. The van der Waals surface area contributed by atoms with Crippen LogP contribution in [0.2, 0.25) is 0 Å². The molecule has 2 unspecified atom stereocenters. The van der Waals surface area contributed by atoms with E-state index in [-0.39, 0.29) is 18.1 Å². The predicted octanol–water partition coefficient (Wildman–Crippen LogP) is -1.82. The van der Waals surface area contributed by atoms with Crippen LogP contribution in [-0.2, 0) is 4.79 Å². The Bertz CT molecular complexity index is 244. The van der Waals surface area contributed by atoms with Crippen LogP contribution >= 0.6 is 12.2 Å². The number of fused-ring (bicyclic) bond motifs is 1. The van der Waals surface area contributed by atoms with Gasteiger partial charge in [-0.05, 0) is 12.2 Å². The molecular weight excluding hydrogens is 176 g/mol. The Balaban J connectivity index is 2.23. The first kappa shape index (κ1) is 7.90. The predicted molar refractivity (Wildman–Crippen MR) is 47.2 cm³/mol. The Hall–Kier alpha value is -0.720. The molecule has 5 nitrogen and oxygen atoms in total. The van der Waals surface area contributed by atoms with Crippen molar-refractivity contribution in [3.63, 3.8) is 0 Å². The van der Waals surface area contributed by atoms with Gasteiger partial charge >= 0.3 is 0 Å². The van der Waals surface area contributed by atoms with Crippen LogP contribution in [0.5, 0.6) is 0 Å². The minimum Gasteiger partial charge on any atom is -0.334 e. The molecule has 3 N–H and O–H groups in total. The third-order valence-corrected chi connectivity index (χ3v) is 2.59. The van der Waals surface area contributed by atoms with E-state index < -0.39 is 0 Å². The molecule has 2 atom stereocenters. The quantitative estimate of drug-likeness (QED) is 0.389. The number of hydrogen-bond acceptors (Lipinski definition) is 4. The number of thiocarbonyl (C=S) groups is 1. The van der Waals surface area contributed by atoms with Gasteiger partial charge in [-0.3, -0.25) is 15.4 Å². The van der Waals surface area contributed by atoms with Gasteiger partial charge in [0.15, 0.2) is 5.11 Å². The fraction of sp³-hybridized carbons (Fsp3) is 0.667. The van der Waals surface area contributed by atoms with Gasteiger partial charge in [0.2, 0.25) is 5.91 Å². The number of amides is 1. The van der Waals surface area contributed by atoms with Gasteiger partial charge in [0.1, 0.15) is 12.2 Å². The third kappa shape index (κ3) is 0.996. The van der Waals surface area contributed by atoms with E-state index in [9.17, 15) is 4.79 Å². The smallest absolute Gasteiger partial charge is 0.246 e. The molecule has 0 aromatic heterocycles. The van der Waals surface area contributed by atoms with E-state index in [0.29, 0.717) is 11.8 Å². The second-order valence-corrected chi connectivity index (χ2v) is 3.30. The minimum atomic E-state index is -0.179.